The summed E-state index contributed by atoms with van der Waals surface area (Å²) in [6, 6.07) is 15.5. The lowest BCUT2D eigenvalue weighted by molar-refractivity contribution is 0.102. The molecule has 0 saturated carbocycles. The highest BCUT2D eigenvalue weighted by atomic mass is 35.5. The molecule has 0 fully saturated rings. The van der Waals surface area contributed by atoms with E-state index in [4.69, 9.17) is 11.6 Å². The van der Waals surface area contributed by atoms with E-state index in [0.29, 0.717) is 34.2 Å². The van der Waals surface area contributed by atoms with Crippen molar-refractivity contribution >= 4 is 40.4 Å². The van der Waals surface area contributed by atoms with Crippen molar-refractivity contribution in [3.8, 4) is 0 Å². The number of nitrogens with one attached hydrogen (secondary N) is 2. The van der Waals surface area contributed by atoms with Gasteiger partial charge >= 0.3 is 0 Å². The second-order valence-corrected chi connectivity index (χ2v) is 6.55. The second kappa shape index (κ2) is 8.09. The van der Waals surface area contributed by atoms with Gasteiger partial charge in [-0.2, -0.15) is 0 Å². The summed E-state index contributed by atoms with van der Waals surface area (Å²) >= 11 is 7.42. The van der Waals surface area contributed by atoms with Crippen LogP contribution in [0.5, 0.6) is 0 Å². The fraction of sp³-hybridized carbons (Fsp3) is 0.167. The predicted octanol–water partition coefficient (Wildman–Crippen LogP) is 4.62. The molecule has 0 aliphatic heterocycles. The van der Waals surface area contributed by atoms with Crippen LogP contribution in [0.1, 0.15) is 27.9 Å². The Balaban J connectivity index is 1.66. The summed E-state index contributed by atoms with van der Waals surface area (Å²) in [5, 5.41) is 10.6. The largest absolute Gasteiger partial charge is 0.380 e. The molecule has 2 aromatic carbocycles. The summed E-state index contributed by atoms with van der Waals surface area (Å²) < 4.78 is 3.84. The van der Waals surface area contributed by atoms with Crippen LogP contribution < -0.4 is 10.6 Å². The third-order valence-corrected chi connectivity index (χ3v) is 4.73. The Morgan fingerprint density at radius 1 is 1.20 bits per heavy atom. The van der Waals surface area contributed by atoms with E-state index >= 15 is 0 Å². The van der Waals surface area contributed by atoms with Crippen LogP contribution in [0, 0.1) is 0 Å². The maximum atomic E-state index is 12.3. The van der Waals surface area contributed by atoms with E-state index in [0.717, 1.165) is 17.2 Å². The highest BCUT2D eigenvalue weighted by molar-refractivity contribution is 7.08. The summed E-state index contributed by atoms with van der Waals surface area (Å²) in [5.74, 6) is -0.215. The molecular weight excluding hydrogens is 356 g/mol. The molecule has 0 aliphatic rings. The number of aromatic nitrogens is 2. The minimum absolute atomic E-state index is 0.215. The quantitative estimate of drug-likeness (QED) is 0.662. The van der Waals surface area contributed by atoms with Crippen molar-refractivity contribution in [2.24, 2.45) is 0 Å². The summed E-state index contributed by atoms with van der Waals surface area (Å²) in [5.41, 5.74) is 3.32. The van der Waals surface area contributed by atoms with Crippen molar-refractivity contribution in [3.63, 3.8) is 0 Å². The van der Waals surface area contributed by atoms with Crippen molar-refractivity contribution in [1.82, 2.24) is 9.59 Å². The highest BCUT2D eigenvalue weighted by Gasteiger charge is 2.15. The maximum Gasteiger partial charge on any atom is 0.269 e. The summed E-state index contributed by atoms with van der Waals surface area (Å²) in [6.45, 7) is 2.62. The van der Waals surface area contributed by atoms with E-state index in [1.54, 1.807) is 6.07 Å². The van der Waals surface area contributed by atoms with Gasteiger partial charge in [0.1, 0.15) is 4.88 Å². The number of aryl methyl sites for hydroxylation is 1. The highest BCUT2D eigenvalue weighted by Crippen LogP contribution is 2.26. The van der Waals surface area contributed by atoms with Crippen molar-refractivity contribution in [1.29, 1.82) is 0 Å². The van der Waals surface area contributed by atoms with E-state index in [9.17, 15) is 4.79 Å². The second-order valence-electron chi connectivity index (χ2n) is 5.39. The number of carbonyl (C=O) groups is 1. The normalized spacial score (nSPS) is 10.5. The Hall–Kier alpha value is -2.44. The van der Waals surface area contributed by atoms with E-state index in [1.807, 2.05) is 49.4 Å². The average Bonchev–Trinajstić information content (AvgIpc) is 3.11. The van der Waals surface area contributed by atoms with Crippen LogP contribution in [0.25, 0.3) is 0 Å². The number of carbonyl (C=O) groups excluding carboxylic acids is 1. The number of nitrogens with zero attached hydrogens (tertiary/aromatic N) is 2. The van der Waals surface area contributed by atoms with Crippen molar-refractivity contribution in [2.45, 2.75) is 19.9 Å². The van der Waals surface area contributed by atoms with Crippen molar-refractivity contribution in [3.05, 3.63) is 69.7 Å². The van der Waals surface area contributed by atoms with Gasteiger partial charge in [-0.15, -0.1) is 5.10 Å². The van der Waals surface area contributed by atoms with Crippen LogP contribution >= 0.6 is 23.1 Å². The van der Waals surface area contributed by atoms with Gasteiger partial charge in [0.2, 0.25) is 0 Å². The average molecular weight is 373 g/mol. The zero-order chi connectivity index (χ0) is 17.6. The van der Waals surface area contributed by atoms with Gasteiger partial charge < -0.3 is 10.6 Å². The molecule has 1 heterocycles. The van der Waals surface area contributed by atoms with Crippen molar-refractivity contribution in [2.75, 3.05) is 10.6 Å². The number of benzene rings is 2. The molecule has 0 aliphatic carbocycles. The number of halogens is 1. The van der Waals surface area contributed by atoms with E-state index in [1.165, 1.54) is 5.56 Å². The number of amides is 1. The first-order valence-electron chi connectivity index (χ1n) is 7.87. The molecule has 7 heteroatoms. The Morgan fingerprint density at radius 3 is 2.72 bits per heavy atom. The summed E-state index contributed by atoms with van der Waals surface area (Å²) in [6.07, 6.45) is 0.669. The lowest BCUT2D eigenvalue weighted by Gasteiger charge is -2.11. The zero-order valence-corrected chi connectivity index (χ0v) is 15.2. The first kappa shape index (κ1) is 17.4. The van der Waals surface area contributed by atoms with E-state index < -0.39 is 0 Å². The smallest absolute Gasteiger partial charge is 0.269 e. The number of hydrogen-bond donors (Lipinski definition) is 2. The van der Waals surface area contributed by atoms with Crippen LogP contribution in [-0.4, -0.2) is 15.5 Å². The Bertz CT molecular complexity index is 867. The Morgan fingerprint density at radius 2 is 2.00 bits per heavy atom. The topological polar surface area (TPSA) is 66.9 Å². The molecule has 0 unspecified atom stereocenters. The molecule has 0 radical (unpaired) electrons. The van der Waals surface area contributed by atoms with E-state index in [2.05, 4.69) is 20.2 Å². The third-order valence-electron chi connectivity index (χ3n) is 3.65. The fourth-order valence-corrected chi connectivity index (χ4v) is 3.22. The van der Waals surface area contributed by atoms with Crippen LogP contribution in [0.15, 0.2) is 48.5 Å². The standard InChI is InChI=1S/C18H17ClN4OS/c1-2-15-17(25-23-22-15)18(24)21-13-8-9-16(14(19)10-13)20-11-12-6-4-3-5-7-12/h3-10,20H,2,11H2,1H3,(H,21,24). The van der Waals surface area contributed by atoms with Gasteiger partial charge in [-0.25, -0.2) is 0 Å². The fourth-order valence-electron chi connectivity index (χ4n) is 2.33. The van der Waals surface area contributed by atoms with Gasteiger partial charge in [-0.1, -0.05) is 53.3 Å². The monoisotopic (exact) mass is 372 g/mol. The molecule has 3 rings (SSSR count). The van der Waals surface area contributed by atoms with Gasteiger partial charge in [0.25, 0.3) is 5.91 Å². The first-order chi connectivity index (χ1) is 12.2. The molecule has 1 aromatic heterocycles. The molecule has 5 nitrogen and oxygen atoms in total. The lowest BCUT2D eigenvalue weighted by atomic mass is 10.2. The molecular formula is C18H17ClN4OS. The molecule has 0 atom stereocenters. The lowest BCUT2D eigenvalue weighted by Crippen LogP contribution is -2.12. The van der Waals surface area contributed by atoms with Gasteiger partial charge in [0, 0.05) is 12.2 Å². The Kier molecular flexibility index (Phi) is 5.63. The third kappa shape index (κ3) is 4.35. The van der Waals surface area contributed by atoms with Crippen LogP contribution in [0.3, 0.4) is 0 Å². The minimum Gasteiger partial charge on any atom is -0.380 e. The van der Waals surface area contributed by atoms with Crippen molar-refractivity contribution < 1.29 is 4.79 Å². The number of anilines is 2. The molecule has 0 spiro atoms. The number of rotatable bonds is 6. The summed E-state index contributed by atoms with van der Waals surface area (Å²) in [7, 11) is 0. The predicted molar refractivity (Wildman–Crippen MR) is 102 cm³/mol. The Labute approximate surface area is 155 Å². The van der Waals surface area contributed by atoms with Crippen LogP contribution in [0.4, 0.5) is 11.4 Å². The van der Waals surface area contributed by atoms with Crippen LogP contribution in [-0.2, 0) is 13.0 Å². The summed E-state index contributed by atoms with van der Waals surface area (Å²) in [4.78, 5) is 12.9. The molecule has 128 valence electrons. The molecule has 3 aromatic rings. The number of hydrogen-bond acceptors (Lipinski definition) is 5. The molecule has 0 bridgehead atoms. The van der Waals surface area contributed by atoms with Gasteiger partial charge in [-0.05, 0) is 41.7 Å². The van der Waals surface area contributed by atoms with Crippen LogP contribution in [0.2, 0.25) is 5.02 Å². The molecule has 2 N–H and O–H groups in total. The zero-order valence-electron chi connectivity index (χ0n) is 13.6. The maximum absolute atomic E-state index is 12.3. The molecule has 0 saturated heterocycles. The SMILES string of the molecule is CCc1nnsc1C(=O)Nc1ccc(NCc2ccccc2)c(Cl)c1. The minimum atomic E-state index is -0.215. The molecule has 1 amide bonds. The van der Waals surface area contributed by atoms with E-state index in [-0.39, 0.29) is 5.91 Å². The van der Waals surface area contributed by atoms with Gasteiger partial charge in [-0.3, -0.25) is 4.79 Å². The van der Waals surface area contributed by atoms with Gasteiger partial charge in [0.15, 0.2) is 0 Å². The first-order valence-corrected chi connectivity index (χ1v) is 9.02. The molecule has 25 heavy (non-hydrogen) atoms. The van der Waals surface area contributed by atoms with Gasteiger partial charge in [0.05, 0.1) is 16.4 Å².